The molecule has 0 spiro atoms. The summed E-state index contributed by atoms with van der Waals surface area (Å²) in [4.78, 5) is 9.97. The molecular formula is C16H14N2O2. The van der Waals surface area contributed by atoms with E-state index in [-0.39, 0.29) is 0 Å². The zero-order valence-electron chi connectivity index (χ0n) is 11.1. The van der Waals surface area contributed by atoms with Crippen LogP contribution >= 0.6 is 0 Å². The average Bonchev–Trinajstić information content (AvgIpc) is 2.78. The van der Waals surface area contributed by atoms with Crippen molar-refractivity contribution in [1.82, 2.24) is 4.57 Å². The molecule has 0 saturated heterocycles. The zero-order valence-corrected chi connectivity index (χ0v) is 11.1. The fraction of sp³-hybridized carbons (Fsp3) is 0.125. The molecule has 100 valence electrons. The van der Waals surface area contributed by atoms with Crippen LogP contribution in [0.25, 0.3) is 27.9 Å². The summed E-state index contributed by atoms with van der Waals surface area (Å²) in [5.74, 6) is 0. The van der Waals surface area contributed by atoms with Crippen LogP contribution in [0.15, 0.2) is 48.7 Å². The Bertz CT molecular complexity index is 831. The van der Waals surface area contributed by atoms with Crippen molar-refractivity contribution >= 4 is 27.9 Å². The number of aryl methyl sites for hydroxylation is 1. The van der Waals surface area contributed by atoms with Gasteiger partial charge < -0.3 is 4.57 Å². The monoisotopic (exact) mass is 266 g/mol. The van der Waals surface area contributed by atoms with E-state index >= 15 is 0 Å². The van der Waals surface area contributed by atoms with Crippen molar-refractivity contribution in [2.75, 3.05) is 0 Å². The summed E-state index contributed by atoms with van der Waals surface area (Å²) in [6, 6.07) is 14.2. The quantitative estimate of drug-likeness (QED) is 0.530. The molecule has 0 aliphatic heterocycles. The van der Waals surface area contributed by atoms with Crippen LogP contribution in [0.1, 0.15) is 12.5 Å². The van der Waals surface area contributed by atoms with E-state index in [2.05, 4.69) is 23.6 Å². The van der Waals surface area contributed by atoms with Gasteiger partial charge in [-0.15, -0.1) is 0 Å². The molecule has 0 N–H and O–H groups in total. The van der Waals surface area contributed by atoms with E-state index in [1.807, 2.05) is 30.3 Å². The highest BCUT2D eigenvalue weighted by molar-refractivity contribution is 6.08. The third-order valence-electron chi connectivity index (χ3n) is 3.50. The Morgan fingerprint density at radius 2 is 1.90 bits per heavy atom. The summed E-state index contributed by atoms with van der Waals surface area (Å²) in [5.41, 5.74) is 3.19. The Morgan fingerprint density at radius 3 is 2.65 bits per heavy atom. The summed E-state index contributed by atoms with van der Waals surface area (Å²) >= 11 is 0. The van der Waals surface area contributed by atoms with E-state index < -0.39 is 4.92 Å². The van der Waals surface area contributed by atoms with Crippen LogP contribution in [0, 0.1) is 10.1 Å². The normalized spacial score (nSPS) is 11.7. The van der Waals surface area contributed by atoms with Gasteiger partial charge in [-0.1, -0.05) is 24.3 Å². The molecular weight excluding hydrogens is 252 g/mol. The predicted molar refractivity (Wildman–Crippen MR) is 81.1 cm³/mol. The molecule has 0 saturated carbocycles. The minimum Gasteiger partial charge on any atom is -0.341 e. The second-order valence-electron chi connectivity index (χ2n) is 4.64. The zero-order chi connectivity index (χ0) is 14.1. The molecule has 0 fully saturated rings. The van der Waals surface area contributed by atoms with E-state index in [9.17, 15) is 10.1 Å². The summed E-state index contributed by atoms with van der Waals surface area (Å²) in [6.45, 7) is 3.01. The molecule has 0 atom stereocenters. The highest BCUT2D eigenvalue weighted by Gasteiger charge is 2.08. The fourth-order valence-electron chi connectivity index (χ4n) is 2.66. The Balaban J connectivity index is 2.28. The summed E-state index contributed by atoms with van der Waals surface area (Å²) < 4.78 is 2.26. The SMILES string of the molecule is CCn1c2ccccc2c2cc(C=C[N+](=O)[O-])ccc21. The molecule has 0 aliphatic rings. The maximum Gasteiger partial charge on any atom is 0.235 e. The minimum absolute atomic E-state index is 0.445. The molecule has 3 rings (SSSR count). The Morgan fingerprint density at radius 1 is 1.15 bits per heavy atom. The molecule has 1 heterocycles. The van der Waals surface area contributed by atoms with Crippen LogP contribution in [0.3, 0.4) is 0 Å². The lowest BCUT2D eigenvalue weighted by atomic mass is 10.1. The number of rotatable bonds is 3. The van der Waals surface area contributed by atoms with E-state index in [4.69, 9.17) is 0 Å². The Kier molecular flexibility index (Phi) is 2.99. The van der Waals surface area contributed by atoms with Gasteiger partial charge in [0.1, 0.15) is 0 Å². The van der Waals surface area contributed by atoms with E-state index in [1.165, 1.54) is 17.0 Å². The first kappa shape index (κ1) is 12.4. The second kappa shape index (κ2) is 4.81. The highest BCUT2D eigenvalue weighted by Crippen LogP contribution is 2.29. The van der Waals surface area contributed by atoms with Crippen LogP contribution in [0.2, 0.25) is 0 Å². The van der Waals surface area contributed by atoms with Crippen molar-refractivity contribution in [3.8, 4) is 0 Å². The number of para-hydroxylation sites is 1. The standard InChI is InChI=1S/C16H14N2O2/c1-2-17-15-6-4-3-5-13(15)14-11-12(7-8-16(14)17)9-10-18(19)20/h3-11H,2H2,1H3. The summed E-state index contributed by atoms with van der Waals surface area (Å²) in [7, 11) is 0. The van der Waals surface area contributed by atoms with Crippen molar-refractivity contribution < 1.29 is 4.92 Å². The number of hydrogen-bond donors (Lipinski definition) is 0. The van der Waals surface area contributed by atoms with E-state index in [0.29, 0.717) is 0 Å². The fourth-order valence-corrected chi connectivity index (χ4v) is 2.66. The Hall–Kier alpha value is -2.62. The first-order valence-corrected chi connectivity index (χ1v) is 6.53. The van der Waals surface area contributed by atoms with Gasteiger partial charge in [0.25, 0.3) is 0 Å². The smallest absolute Gasteiger partial charge is 0.235 e. The number of benzene rings is 2. The molecule has 0 amide bonds. The summed E-state index contributed by atoms with van der Waals surface area (Å²) in [6.07, 6.45) is 2.50. The molecule has 0 bridgehead atoms. The van der Waals surface area contributed by atoms with Gasteiger partial charge >= 0.3 is 0 Å². The van der Waals surface area contributed by atoms with Crippen LogP contribution < -0.4 is 0 Å². The van der Waals surface area contributed by atoms with Crippen LogP contribution in [0.5, 0.6) is 0 Å². The van der Waals surface area contributed by atoms with Gasteiger partial charge in [0.15, 0.2) is 0 Å². The Labute approximate surface area is 116 Å². The molecule has 4 heteroatoms. The van der Waals surface area contributed by atoms with Gasteiger partial charge in [0.2, 0.25) is 6.20 Å². The topological polar surface area (TPSA) is 48.1 Å². The van der Waals surface area contributed by atoms with Gasteiger partial charge in [-0.25, -0.2) is 0 Å². The highest BCUT2D eigenvalue weighted by atomic mass is 16.6. The summed E-state index contributed by atoms with van der Waals surface area (Å²) in [5, 5.41) is 12.7. The maximum absolute atomic E-state index is 10.4. The molecule has 1 aromatic heterocycles. The van der Waals surface area contributed by atoms with Crippen LogP contribution in [0.4, 0.5) is 0 Å². The van der Waals surface area contributed by atoms with Gasteiger partial charge in [-0.2, -0.15) is 0 Å². The second-order valence-corrected chi connectivity index (χ2v) is 4.64. The molecule has 0 radical (unpaired) electrons. The third-order valence-corrected chi connectivity index (χ3v) is 3.50. The molecule has 3 aromatic rings. The number of nitro groups is 1. The van der Waals surface area contributed by atoms with Crippen LogP contribution in [-0.2, 0) is 6.54 Å². The molecule has 20 heavy (non-hydrogen) atoms. The molecule has 2 aromatic carbocycles. The lowest BCUT2D eigenvalue weighted by molar-refractivity contribution is -0.400. The van der Waals surface area contributed by atoms with E-state index in [0.717, 1.165) is 29.2 Å². The number of aromatic nitrogens is 1. The van der Waals surface area contributed by atoms with E-state index in [1.54, 1.807) is 0 Å². The van der Waals surface area contributed by atoms with Gasteiger partial charge in [0, 0.05) is 34.4 Å². The lowest BCUT2D eigenvalue weighted by Crippen LogP contribution is -1.92. The number of hydrogen-bond acceptors (Lipinski definition) is 2. The lowest BCUT2D eigenvalue weighted by Gasteiger charge is -2.02. The predicted octanol–water partition coefficient (Wildman–Crippen LogP) is 4.06. The molecule has 0 aliphatic carbocycles. The third kappa shape index (κ3) is 1.95. The van der Waals surface area contributed by atoms with Gasteiger partial charge in [-0.3, -0.25) is 10.1 Å². The van der Waals surface area contributed by atoms with Crippen molar-refractivity contribution in [2.24, 2.45) is 0 Å². The average molecular weight is 266 g/mol. The maximum atomic E-state index is 10.4. The number of nitrogens with zero attached hydrogens (tertiary/aromatic N) is 2. The largest absolute Gasteiger partial charge is 0.341 e. The molecule has 0 unspecified atom stereocenters. The first-order chi connectivity index (χ1) is 9.70. The molecule has 4 nitrogen and oxygen atoms in total. The minimum atomic E-state index is -0.445. The van der Waals surface area contributed by atoms with Gasteiger partial charge in [0.05, 0.1) is 4.92 Å². The van der Waals surface area contributed by atoms with Crippen LogP contribution in [-0.4, -0.2) is 9.49 Å². The van der Waals surface area contributed by atoms with Gasteiger partial charge in [-0.05, 0) is 30.7 Å². The van der Waals surface area contributed by atoms with Crippen molar-refractivity contribution in [2.45, 2.75) is 13.5 Å². The van der Waals surface area contributed by atoms with Crippen molar-refractivity contribution in [3.05, 3.63) is 64.3 Å². The van der Waals surface area contributed by atoms with Crippen molar-refractivity contribution in [1.29, 1.82) is 0 Å². The number of fused-ring (bicyclic) bond motifs is 3. The first-order valence-electron chi connectivity index (χ1n) is 6.53. The van der Waals surface area contributed by atoms with Crippen molar-refractivity contribution in [3.63, 3.8) is 0 Å².